The third-order valence-electron chi connectivity index (χ3n) is 2.41. The summed E-state index contributed by atoms with van der Waals surface area (Å²) in [6.07, 6.45) is 2.96. The van der Waals surface area contributed by atoms with Gasteiger partial charge in [-0.05, 0) is 19.8 Å². The molecule has 14 heavy (non-hydrogen) atoms. The van der Waals surface area contributed by atoms with Crippen LogP contribution in [-0.4, -0.2) is 35.7 Å². The van der Waals surface area contributed by atoms with E-state index in [2.05, 4.69) is 17.2 Å². The lowest BCUT2D eigenvalue weighted by Gasteiger charge is -2.34. The minimum Gasteiger partial charge on any atom is -0.393 e. The summed E-state index contributed by atoms with van der Waals surface area (Å²) in [4.78, 5) is 11.4. The summed E-state index contributed by atoms with van der Waals surface area (Å²) in [6.45, 7) is 5.84. The maximum atomic E-state index is 11.4. The molecule has 0 heterocycles. The highest BCUT2D eigenvalue weighted by molar-refractivity contribution is 5.81. The van der Waals surface area contributed by atoms with E-state index in [0.717, 1.165) is 12.8 Å². The Balaban J connectivity index is 2.17. The normalized spacial score (nSPS) is 27.6. The largest absolute Gasteiger partial charge is 0.393 e. The van der Waals surface area contributed by atoms with Crippen molar-refractivity contribution in [3.8, 4) is 0 Å². The first-order valence-electron chi connectivity index (χ1n) is 4.96. The second-order valence-electron chi connectivity index (χ2n) is 3.74. The van der Waals surface area contributed by atoms with Crippen molar-refractivity contribution in [1.82, 2.24) is 10.6 Å². The fourth-order valence-corrected chi connectivity index (χ4v) is 1.48. The first-order chi connectivity index (χ1) is 6.63. The molecule has 80 valence electrons. The van der Waals surface area contributed by atoms with Crippen molar-refractivity contribution >= 4 is 5.91 Å². The van der Waals surface area contributed by atoms with Gasteiger partial charge in [-0.1, -0.05) is 6.08 Å². The topological polar surface area (TPSA) is 61.4 Å². The van der Waals surface area contributed by atoms with Gasteiger partial charge in [0, 0.05) is 12.6 Å². The van der Waals surface area contributed by atoms with E-state index < -0.39 is 0 Å². The highest BCUT2D eigenvalue weighted by atomic mass is 16.3. The van der Waals surface area contributed by atoms with E-state index in [-0.39, 0.29) is 24.1 Å². The van der Waals surface area contributed by atoms with Crippen molar-refractivity contribution in [3.63, 3.8) is 0 Å². The van der Waals surface area contributed by atoms with E-state index in [4.69, 9.17) is 5.11 Å². The van der Waals surface area contributed by atoms with Gasteiger partial charge in [-0.25, -0.2) is 0 Å². The Bertz CT molecular complexity index is 212. The zero-order valence-corrected chi connectivity index (χ0v) is 8.49. The van der Waals surface area contributed by atoms with Gasteiger partial charge in [-0.15, -0.1) is 6.58 Å². The van der Waals surface area contributed by atoms with Crippen LogP contribution in [0.1, 0.15) is 19.8 Å². The second kappa shape index (κ2) is 5.12. The lowest BCUT2D eigenvalue weighted by Crippen LogP contribution is -2.52. The molecule has 4 nitrogen and oxygen atoms in total. The third-order valence-corrected chi connectivity index (χ3v) is 2.41. The number of rotatable bonds is 5. The zero-order chi connectivity index (χ0) is 10.6. The maximum absolute atomic E-state index is 11.4. The average Bonchev–Trinajstić information content (AvgIpc) is 2.11. The summed E-state index contributed by atoms with van der Waals surface area (Å²) < 4.78 is 0. The van der Waals surface area contributed by atoms with Gasteiger partial charge in [0.25, 0.3) is 0 Å². The van der Waals surface area contributed by atoms with E-state index in [1.807, 2.05) is 6.92 Å². The molecule has 1 aliphatic carbocycles. The standard InChI is InChI=1S/C10H18N2O2/c1-3-4-11-10(14)7(2)12-8-5-9(13)6-8/h3,7-9,12-13H,1,4-6H2,2H3,(H,11,14). The maximum Gasteiger partial charge on any atom is 0.237 e. The predicted molar refractivity (Wildman–Crippen MR) is 54.8 cm³/mol. The SMILES string of the molecule is C=CCNC(=O)C(C)NC1CC(O)C1. The van der Waals surface area contributed by atoms with E-state index in [1.165, 1.54) is 0 Å². The van der Waals surface area contributed by atoms with Gasteiger partial charge in [0.15, 0.2) is 0 Å². The molecule has 0 radical (unpaired) electrons. The van der Waals surface area contributed by atoms with Gasteiger partial charge in [0.1, 0.15) is 0 Å². The van der Waals surface area contributed by atoms with E-state index in [9.17, 15) is 4.79 Å². The van der Waals surface area contributed by atoms with Crippen LogP contribution in [-0.2, 0) is 4.79 Å². The molecule has 4 heteroatoms. The lowest BCUT2D eigenvalue weighted by molar-refractivity contribution is -0.123. The van der Waals surface area contributed by atoms with Crippen molar-refractivity contribution in [1.29, 1.82) is 0 Å². The third kappa shape index (κ3) is 3.12. The Kier molecular flexibility index (Phi) is 4.10. The summed E-state index contributed by atoms with van der Waals surface area (Å²) in [5.41, 5.74) is 0. The summed E-state index contributed by atoms with van der Waals surface area (Å²) in [5, 5.41) is 14.9. The Labute approximate surface area is 84.4 Å². The minimum atomic E-state index is -0.201. The summed E-state index contributed by atoms with van der Waals surface area (Å²) in [5.74, 6) is -0.0220. The molecule has 1 aliphatic rings. The smallest absolute Gasteiger partial charge is 0.237 e. The van der Waals surface area contributed by atoms with Crippen LogP contribution in [0.2, 0.25) is 0 Å². The zero-order valence-electron chi connectivity index (χ0n) is 8.49. The van der Waals surface area contributed by atoms with E-state index in [1.54, 1.807) is 6.08 Å². The first kappa shape index (κ1) is 11.2. The van der Waals surface area contributed by atoms with Gasteiger partial charge in [-0.3, -0.25) is 4.79 Å². The summed E-state index contributed by atoms with van der Waals surface area (Å²) in [6, 6.07) is 0.0851. The van der Waals surface area contributed by atoms with Crippen molar-refractivity contribution in [2.45, 2.75) is 38.0 Å². The first-order valence-corrected chi connectivity index (χ1v) is 4.96. The summed E-state index contributed by atoms with van der Waals surface area (Å²) in [7, 11) is 0. The number of carbonyl (C=O) groups excluding carboxylic acids is 1. The Morgan fingerprint density at radius 2 is 2.36 bits per heavy atom. The van der Waals surface area contributed by atoms with Crippen molar-refractivity contribution < 1.29 is 9.90 Å². The fourth-order valence-electron chi connectivity index (χ4n) is 1.48. The number of hydrogen-bond donors (Lipinski definition) is 3. The molecule has 1 rings (SSSR count). The van der Waals surface area contributed by atoms with Crippen LogP contribution in [0.15, 0.2) is 12.7 Å². The fraction of sp³-hybridized carbons (Fsp3) is 0.700. The van der Waals surface area contributed by atoms with Gasteiger partial charge in [0.2, 0.25) is 5.91 Å². The van der Waals surface area contributed by atoms with Gasteiger partial charge in [-0.2, -0.15) is 0 Å². The monoisotopic (exact) mass is 198 g/mol. The number of aliphatic hydroxyl groups excluding tert-OH is 1. The van der Waals surface area contributed by atoms with E-state index in [0.29, 0.717) is 6.54 Å². The van der Waals surface area contributed by atoms with Crippen LogP contribution >= 0.6 is 0 Å². The number of carbonyl (C=O) groups is 1. The molecule has 0 aromatic rings. The molecule has 1 fully saturated rings. The predicted octanol–water partition coefficient (Wildman–Crippen LogP) is -0.210. The second-order valence-corrected chi connectivity index (χ2v) is 3.74. The molecule has 0 aromatic heterocycles. The van der Waals surface area contributed by atoms with Crippen molar-refractivity contribution in [2.24, 2.45) is 0 Å². The molecular weight excluding hydrogens is 180 g/mol. The van der Waals surface area contributed by atoms with Crippen LogP contribution in [0.3, 0.4) is 0 Å². The van der Waals surface area contributed by atoms with Crippen LogP contribution in [0.25, 0.3) is 0 Å². The molecular formula is C10H18N2O2. The molecule has 0 saturated heterocycles. The molecule has 0 aliphatic heterocycles. The highest BCUT2D eigenvalue weighted by Gasteiger charge is 2.29. The number of nitrogens with one attached hydrogen (secondary N) is 2. The summed E-state index contributed by atoms with van der Waals surface area (Å²) >= 11 is 0. The number of amides is 1. The minimum absolute atomic E-state index is 0.0220. The van der Waals surface area contributed by atoms with Crippen molar-refractivity contribution in [3.05, 3.63) is 12.7 Å². The highest BCUT2D eigenvalue weighted by Crippen LogP contribution is 2.19. The van der Waals surface area contributed by atoms with Gasteiger partial charge in [0.05, 0.1) is 12.1 Å². The van der Waals surface area contributed by atoms with Gasteiger partial charge >= 0.3 is 0 Å². The Morgan fingerprint density at radius 3 is 2.86 bits per heavy atom. The molecule has 0 bridgehead atoms. The number of hydrogen-bond acceptors (Lipinski definition) is 3. The number of aliphatic hydroxyl groups is 1. The quantitative estimate of drug-likeness (QED) is 0.536. The molecule has 1 saturated carbocycles. The molecule has 1 unspecified atom stereocenters. The Hall–Kier alpha value is -0.870. The van der Waals surface area contributed by atoms with Crippen LogP contribution in [0.4, 0.5) is 0 Å². The van der Waals surface area contributed by atoms with Crippen LogP contribution in [0.5, 0.6) is 0 Å². The lowest BCUT2D eigenvalue weighted by atomic mass is 9.89. The Morgan fingerprint density at radius 1 is 1.71 bits per heavy atom. The van der Waals surface area contributed by atoms with Crippen LogP contribution < -0.4 is 10.6 Å². The van der Waals surface area contributed by atoms with Crippen LogP contribution in [0, 0.1) is 0 Å². The molecule has 0 spiro atoms. The molecule has 1 amide bonds. The average molecular weight is 198 g/mol. The molecule has 1 atom stereocenters. The molecule has 0 aromatic carbocycles. The van der Waals surface area contributed by atoms with E-state index >= 15 is 0 Å². The van der Waals surface area contributed by atoms with Crippen molar-refractivity contribution in [2.75, 3.05) is 6.54 Å². The van der Waals surface area contributed by atoms with Gasteiger partial charge < -0.3 is 15.7 Å². The molecule has 3 N–H and O–H groups in total.